The van der Waals surface area contributed by atoms with Crippen molar-refractivity contribution in [2.24, 2.45) is 0 Å². The molecule has 0 radical (unpaired) electrons. The number of ketones is 1. The van der Waals surface area contributed by atoms with Crippen molar-refractivity contribution < 1.29 is 15.0 Å². The van der Waals surface area contributed by atoms with Crippen LogP contribution in [0, 0.1) is 6.92 Å². The third-order valence-electron chi connectivity index (χ3n) is 4.15. The number of quaternary nitrogens is 1. The summed E-state index contributed by atoms with van der Waals surface area (Å²) in [4.78, 5) is 12.7. The van der Waals surface area contributed by atoms with Crippen LogP contribution in [0.1, 0.15) is 15.9 Å². The van der Waals surface area contributed by atoms with E-state index in [1.54, 1.807) is 12.1 Å². The Kier molecular flexibility index (Phi) is 6.04. The van der Waals surface area contributed by atoms with Gasteiger partial charge in [-0.15, -0.1) is 0 Å². The van der Waals surface area contributed by atoms with E-state index in [9.17, 15) is 15.0 Å². The molecule has 0 amide bonds. The number of aliphatic hydroxyl groups excluding tert-OH is 2. The summed E-state index contributed by atoms with van der Waals surface area (Å²) >= 11 is 0. The fraction of sp³-hybridized carbons (Fsp3) is 0.316. The zero-order chi connectivity index (χ0) is 16.7. The molecule has 4 heteroatoms. The Labute approximate surface area is 137 Å². The predicted molar refractivity (Wildman–Crippen MR) is 92.5 cm³/mol. The summed E-state index contributed by atoms with van der Waals surface area (Å²) in [6, 6.07) is 17.1. The van der Waals surface area contributed by atoms with Gasteiger partial charge in [-0.2, -0.15) is 0 Å². The minimum atomic E-state index is -0.0456. The van der Waals surface area contributed by atoms with Crippen LogP contribution in [0.3, 0.4) is 0 Å². The van der Waals surface area contributed by atoms with Crippen LogP contribution in [-0.4, -0.2) is 48.8 Å². The van der Waals surface area contributed by atoms with Gasteiger partial charge in [-0.1, -0.05) is 42.5 Å². The molecule has 0 aliphatic carbocycles. The molecule has 0 saturated carbocycles. The van der Waals surface area contributed by atoms with Gasteiger partial charge in [0.2, 0.25) is 5.78 Å². The van der Waals surface area contributed by atoms with Crippen molar-refractivity contribution in [1.29, 1.82) is 0 Å². The maximum atomic E-state index is 12.7. The summed E-state index contributed by atoms with van der Waals surface area (Å²) in [5.74, 6) is 0.00834. The fourth-order valence-corrected chi connectivity index (χ4v) is 2.92. The minimum absolute atomic E-state index is 0.00834. The zero-order valence-corrected chi connectivity index (χ0v) is 13.5. The standard InChI is InChI=1S/C19H24NO3/c1-16-6-5-9-18(14-16)20(10-12-21,11-13-22)15-19(23)17-7-3-2-4-8-17/h2-9,14,21-22H,10-13,15H2,1H3/q+1. The highest BCUT2D eigenvalue weighted by molar-refractivity contribution is 5.98. The number of hydrogen-bond donors (Lipinski definition) is 2. The minimum Gasteiger partial charge on any atom is -0.390 e. The largest absolute Gasteiger partial charge is 0.390 e. The maximum absolute atomic E-state index is 12.7. The van der Waals surface area contributed by atoms with Crippen molar-refractivity contribution in [3.63, 3.8) is 0 Å². The van der Waals surface area contributed by atoms with Crippen molar-refractivity contribution in [2.75, 3.05) is 32.8 Å². The normalized spacial score (nSPS) is 11.4. The monoisotopic (exact) mass is 314 g/mol. The summed E-state index contributed by atoms with van der Waals surface area (Å²) < 4.78 is 0.252. The molecule has 2 aromatic rings. The van der Waals surface area contributed by atoms with Crippen LogP contribution in [0.2, 0.25) is 0 Å². The molecule has 0 heterocycles. The number of aryl methyl sites for hydroxylation is 1. The van der Waals surface area contributed by atoms with E-state index in [4.69, 9.17) is 0 Å². The van der Waals surface area contributed by atoms with Crippen molar-refractivity contribution in [1.82, 2.24) is 4.48 Å². The van der Waals surface area contributed by atoms with E-state index in [1.165, 1.54) is 0 Å². The lowest BCUT2D eigenvalue weighted by Gasteiger charge is -2.37. The first-order valence-corrected chi connectivity index (χ1v) is 7.84. The molecular weight excluding hydrogens is 290 g/mol. The van der Waals surface area contributed by atoms with Crippen LogP contribution in [0.5, 0.6) is 0 Å². The average Bonchev–Trinajstić information content (AvgIpc) is 2.56. The second-order valence-corrected chi connectivity index (χ2v) is 5.83. The van der Waals surface area contributed by atoms with Gasteiger partial charge < -0.3 is 10.2 Å². The fourth-order valence-electron chi connectivity index (χ4n) is 2.92. The van der Waals surface area contributed by atoms with Crippen LogP contribution >= 0.6 is 0 Å². The number of nitrogens with zero attached hydrogens (tertiary/aromatic N) is 1. The molecule has 2 N–H and O–H groups in total. The van der Waals surface area contributed by atoms with Crippen molar-refractivity contribution in [3.05, 3.63) is 65.7 Å². The Bertz CT molecular complexity index is 634. The van der Waals surface area contributed by atoms with E-state index in [1.807, 2.05) is 49.4 Å². The molecule has 0 spiro atoms. The smallest absolute Gasteiger partial charge is 0.217 e. The Balaban J connectivity index is 2.38. The van der Waals surface area contributed by atoms with E-state index in [2.05, 4.69) is 0 Å². The number of aliphatic hydroxyl groups is 2. The lowest BCUT2D eigenvalue weighted by molar-refractivity contribution is 0.0899. The second kappa shape index (κ2) is 8.02. The quantitative estimate of drug-likeness (QED) is 0.580. The molecule has 0 saturated heterocycles. The molecule has 0 fully saturated rings. The molecule has 0 bridgehead atoms. The third kappa shape index (κ3) is 4.26. The number of carbonyl (C=O) groups is 1. The molecule has 122 valence electrons. The van der Waals surface area contributed by atoms with Gasteiger partial charge in [0.1, 0.15) is 25.3 Å². The molecule has 0 unspecified atom stereocenters. The highest BCUT2D eigenvalue weighted by Gasteiger charge is 2.32. The van der Waals surface area contributed by atoms with Crippen molar-refractivity contribution in [3.8, 4) is 0 Å². The van der Waals surface area contributed by atoms with E-state index < -0.39 is 0 Å². The second-order valence-electron chi connectivity index (χ2n) is 5.83. The Morgan fingerprint density at radius 2 is 1.61 bits per heavy atom. The van der Waals surface area contributed by atoms with Crippen LogP contribution in [0.4, 0.5) is 5.69 Å². The van der Waals surface area contributed by atoms with Crippen LogP contribution in [0.15, 0.2) is 54.6 Å². The van der Waals surface area contributed by atoms with E-state index in [0.29, 0.717) is 18.7 Å². The van der Waals surface area contributed by atoms with Crippen molar-refractivity contribution >= 4 is 11.5 Å². The van der Waals surface area contributed by atoms with Gasteiger partial charge in [0.25, 0.3) is 0 Å². The van der Waals surface area contributed by atoms with E-state index in [0.717, 1.165) is 11.3 Å². The topological polar surface area (TPSA) is 57.5 Å². The van der Waals surface area contributed by atoms with Gasteiger partial charge in [0.05, 0.1) is 13.2 Å². The zero-order valence-electron chi connectivity index (χ0n) is 13.5. The average molecular weight is 314 g/mol. The maximum Gasteiger partial charge on any atom is 0.217 e. The highest BCUT2D eigenvalue weighted by atomic mass is 16.3. The number of rotatable bonds is 8. The highest BCUT2D eigenvalue weighted by Crippen LogP contribution is 2.25. The summed E-state index contributed by atoms with van der Waals surface area (Å²) in [6.45, 7) is 2.90. The number of hydrogen-bond acceptors (Lipinski definition) is 3. The first kappa shape index (κ1) is 17.3. The summed E-state index contributed by atoms with van der Waals surface area (Å²) in [7, 11) is 0. The van der Waals surface area contributed by atoms with E-state index >= 15 is 0 Å². The molecular formula is C19H24NO3+. The lowest BCUT2D eigenvalue weighted by atomic mass is 10.1. The van der Waals surface area contributed by atoms with Gasteiger partial charge >= 0.3 is 0 Å². The molecule has 2 aromatic carbocycles. The molecule has 0 aromatic heterocycles. The predicted octanol–water partition coefficient (Wildman–Crippen LogP) is 2.17. The Morgan fingerprint density at radius 3 is 2.17 bits per heavy atom. The van der Waals surface area contributed by atoms with Gasteiger partial charge in [-0.05, 0) is 18.6 Å². The van der Waals surface area contributed by atoms with E-state index in [-0.39, 0.29) is 30.0 Å². The van der Waals surface area contributed by atoms with Gasteiger partial charge in [-0.25, -0.2) is 0 Å². The molecule has 4 nitrogen and oxygen atoms in total. The molecule has 2 rings (SSSR count). The molecule has 0 aliphatic rings. The first-order valence-electron chi connectivity index (χ1n) is 7.84. The number of Topliss-reactive ketones (excluding diaryl/α,β-unsaturated/α-hetero) is 1. The first-order chi connectivity index (χ1) is 11.1. The molecule has 0 aliphatic heterocycles. The van der Waals surface area contributed by atoms with Crippen molar-refractivity contribution in [2.45, 2.75) is 6.92 Å². The summed E-state index contributed by atoms with van der Waals surface area (Å²) in [5, 5.41) is 19.1. The summed E-state index contributed by atoms with van der Waals surface area (Å²) in [6.07, 6.45) is 0. The molecule has 0 atom stereocenters. The number of carbonyl (C=O) groups excluding carboxylic acids is 1. The third-order valence-corrected chi connectivity index (χ3v) is 4.15. The lowest BCUT2D eigenvalue weighted by Crippen LogP contribution is -2.55. The SMILES string of the molecule is Cc1cccc([N+](CCO)(CCO)CC(=O)c2ccccc2)c1. The number of benzene rings is 2. The Morgan fingerprint density at radius 1 is 0.957 bits per heavy atom. The van der Waals surface area contributed by atoms with Crippen LogP contribution in [-0.2, 0) is 0 Å². The summed E-state index contributed by atoms with van der Waals surface area (Å²) in [5.41, 5.74) is 2.68. The van der Waals surface area contributed by atoms with Crippen LogP contribution in [0.25, 0.3) is 0 Å². The van der Waals surface area contributed by atoms with Crippen LogP contribution < -0.4 is 4.48 Å². The molecule has 23 heavy (non-hydrogen) atoms. The Hall–Kier alpha value is -2.01. The van der Waals surface area contributed by atoms with Gasteiger partial charge in [0, 0.05) is 11.6 Å². The van der Waals surface area contributed by atoms with Gasteiger partial charge in [0.15, 0.2) is 0 Å². The van der Waals surface area contributed by atoms with Gasteiger partial charge in [-0.3, -0.25) is 9.28 Å².